The molecule has 1 aromatic rings. The van der Waals surface area contributed by atoms with Crippen LogP contribution in [0.2, 0.25) is 0 Å². The maximum Gasteiger partial charge on any atom is 0.191 e. The van der Waals surface area contributed by atoms with Gasteiger partial charge in [0.05, 0.1) is 0 Å². The molecular weight excluding hydrogens is 442 g/mol. The van der Waals surface area contributed by atoms with Crippen molar-refractivity contribution in [3.63, 3.8) is 0 Å². The number of halogens is 2. The molecule has 2 aliphatic rings. The number of hydrogen-bond donors (Lipinski definition) is 2. The van der Waals surface area contributed by atoms with Crippen LogP contribution in [0.1, 0.15) is 45.1 Å². The third-order valence-corrected chi connectivity index (χ3v) is 5.72. The number of piperidine rings is 1. The van der Waals surface area contributed by atoms with Crippen molar-refractivity contribution in [3.8, 4) is 0 Å². The number of likely N-dealkylation sites (tertiary alicyclic amines) is 1. The summed E-state index contributed by atoms with van der Waals surface area (Å²) < 4.78 is 14.1. The Morgan fingerprint density at radius 1 is 1.27 bits per heavy atom. The lowest BCUT2D eigenvalue weighted by Crippen LogP contribution is -2.50. The highest BCUT2D eigenvalue weighted by Gasteiger charge is 2.45. The van der Waals surface area contributed by atoms with Gasteiger partial charge in [-0.25, -0.2) is 4.39 Å². The first-order valence-corrected chi connectivity index (χ1v) is 9.50. The number of hydrogen-bond acceptors (Lipinski definition) is 2. The summed E-state index contributed by atoms with van der Waals surface area (Å²) in [6.07, 6.45) is 4.34. The number of nitrogens with one attached hydrogen (secondary N) is 2. The average molecular weight is 474 g/mol. The molecule has 1 aliphatic heterocycles. The molecule has 0 spiro atoms. The van der Waals surface area contributed by atoms with Crippen molar-refractivity contribution in [1.82, 2.24) is 15.5 Å². The van der Waals surface area contributed by atoms with Crippen LogP contribution >= 0.6 is 24.0 Å². The van der Waals surface area contributed by atoms with Crippen molar-refractivity contribution in [1.29, 1.82) is 0 Å². The zero-order chi connectivity index (χ0) is 17.9. The van der Waals surface area contributed by atoms with E-state index in [0.29, 0.717) is 12.1 Å². The zero-order valence-corrected chi connectivity index (χ0v) is 18.4. The Bertz CT molecular complexity index is 608. The van der Waals surface area contributed by atoms with Crippen LogP contribution in [0.4, 0.5) is 4.39 Å². The molecule has 1 aromatic carbocycles. The summed E-state index contributed by atoms with van der Waals surface area (Å²) in [5.41, 5.74) is 0.771. The first kappa shape index (κ1) is 21.4. The minimum Gasteiger partial charge on any atom is -0.356 e. The van der Waals surface area contributed by atoms with Crippen molar-refractivity contribution >= 4 is 29.9 Å². The monoisotopic (exact) mass is 474 g/mol. The molecule has 3 rings (SSSR count). The molecule has 146 valence electrons. The highest BCUT2D eigenvalue weighted by molar-refractivity contribution is 14.0. The van der Waals surface area contributed by atoms with E-state index in [1.165, 1.54) is 0 Å². The standard InChI is InChI=1S/C20H31FN4.HI/c1-15(2)25-12-8-16(9-13-25)24-19(22-3)23-14-20(10-11-20)17-6-4-5-7-18(17)21;/h4-7,15-16H,8-14H2,1-3H3,(H2,22,23,24);1H. The molecule has 0 aromatic heterocycles. The molecule has 0 radical (unpaired) electrons. The fourth-order valence-electron chi connectivity index (χ4n) is 3.78. The molecule has 1 saturated carbocycles. The number of aliphatic imine (C=N–C) groups is 1. The van der Waals surface area contributed by atoms with Gasteiger partial charge in [-0.15, -0.1) is 24.0 Å². The van der Waals surface area contributed by atoms with Gasteiger partial charge in [-0.3, -0.25) is 4.99 Å². The van der Waals surface area contributed by atoms with E-state index in [4.69, 9.17) is 0 Å². The highest BCUT2D eigenvalue weighted by atomic mass is 127. The van der Waals surface area contributed by atoms with E-state index in [0.717, 1.165) is 56.8 Å². The summed E-state index contributed by atoms with van der Waals surface area (Å²) in [6.45, 7) is 7.51. The fraction of sp³-hybridized carbons (Fsp3) is 0.650. The summed E-state index contributed by atoms with van der Waals surface area (Å²) in [5, 5.41) is 6.99. The first-order chi connectivity index (χ1) is 12.0. The Morgan fingerprint density at radius 3 is 2.46 bits per heavy atom. The van der Waals surface area contributed by atoms with Gasteiger partial charge < -0.3 is 15.5 Å². The number of benzene rings is 1. The third-order valence-electron chi connectivity index (χ3n) is 5.72. The van der Waals surface area contributed by atoms with Gasteiger partial charge in [-0.1, -0.05) is 18.2 Å². The Hall–Kier alpha value is -0.890. The van der Waals surface area contributed by atoms with Gasteiger partial charge >= 0.3 is 0 Å². The molecule has 2 N–H and O–H groups in total. The SMILES string of the molecule is CN=C(NCC1(c2ccccc2F)CC1)NC1CCN(C(C)C)CC1.I. The molecular formula is C20H32FIN4. The number of guanidine groups is 1. The maximum atomic E-state index is 14.1. The Balaban J connectivity index is 0.00000243. The summed E-state index contributed by atoms with van der Waals surface area (Å²) in [7, 11) is 1.81. The van der Waals surface area contributed by atoms with Crippen molar-refractivity contribution < 1.29 is 4.39 Å². The summed E-state index contributed by atoms with van der Waals surface area (Å²) in [6, 6.07) is 8.24. The van der Waals surface area contributed by atoms with E-state index < -0.39 is 0 Å². The molecule has 6 heteroatoms. The summed E-state index contributed by atoms with van der Waals surface area (Å²) in [5.74, 6) is 0.747. The fourth-order valence-corrected chi connectivity index (χ4v) is 3.78. The van der Waals surface area contributed by atoms with E-state index in [2.05, 4.69) is 34.4 Å². The maximum absolute atomic E-state index is 14.1. The van der Waals surface area contributed by atoms with Crippen molar-refractivity contribution in [3.05, 3.63) is 35.6 Å². The largest absolute Gasteiger partial charge is 0.356 e. The second-order valence-electron chi connectivity index (χ2n) is 7.73. The summed E-state index contributed by atoms with van der Waals surface area (Å²) in [4.78, 5) is 6.89. The molecule has 4 nitrogen and oxygen atoms in total. The average Bonchev–Trinajstić information content (AvgIpc) is 3.40. The van der Waals surface area contributed by atoms with Crippen LogP contribution in [-0.4, -0.2) is 49.6 Å². The van der Waals surface area contributed by atoms with Gasteiger partial charge in [-0.2, -0.15) is 0 Å². The second kappa shape index (κ2) is 9.35. The van der Waals surface area contributed by atoms with Gasteiger partial charge in [-0.05, 0) is 51.2 Å². The van der Waals surface area contributed by atoms with Crippen LogP contribution in [0.5, 0.6) is 0 Å². The molecule has 0 bridgehead atoms. The van der Waals surface area contributed by atoms with Gasteiger partial charge in [0.2, 0.25) is 0 Å². The molecule has 0 amide bonds. The van der Waals surface area contributed by atoms with Crippen LogP contribution in [0.25, 0.3) is 0 Å². The lowest BCUT2D eigenvalue weighted by atomic mass is 9.95. The van der Waals surface area contributed by atoms with E-state index in [1.807, 2.05) is 12.1 Å². The van der Waals surface area contributed by atoms with E-state index in [-0.39, 0.29) is 35.2 Å². The van der Waals surface area contributed by atoms with Crippen LogP contribution in [0, 0.1) is 5.82 Å². The molecule has 1 heterocycles. The van der Waals surface area contributed by atoms with Crippen LogP contribution in [-0.2, 0) is 5.41 Å². The lowest BCUT2D eigenvalue weighted by Gasteiger charge is -2.35. The van der Waals surface area contributed by atoms with Crippen molar-refractivity contribution in [2.75, 3.05) is 26.7 Å². The molecule has 0 unspecified atom stereocenters. The van der Waals surface area contributed by atoms with Crippen molar-refractivity contribution in [2.45, 2.75) is 57.0 Å². The minimum atomic E-state index is -0.0918. The van der Waals surface area contributed by atoms with Crippen LogP contribution in [0.15, 0.2) is 29.3 Å². The first-order valence-electron chi connectivity index (χ1n) is 9.50. The molecule has 1 aliphatic carbocycles. The van der Waals surface area contributed by atoms with Crippen LogP contribution in [0.3, 0.4) is 0 Å². The second-order valence-corrected chi connectivity index (χ2v) is 7.73. The molecule has 1 saturated heterocycles. The molecule has 26 heavy (non-hydrogen) atoms. The minimum absolute atomic E-state index is 0. The lowest BCUT2D eigenvalue weighted by molar-refractivity contribution is 0.167. The van der Waals surface area contributed by atoms with Gasteiger partial charge in [0.1, 0.15) is 5.82 Å². The van der Waals surface area contributed by atoms with E-state index in [9.17, 15) is 4.39 Å². The molecule has 0 atom stereocenters. The van der Waals surface area contributed by atoms with Gasteiger partial charge in [0.15, 0.2) is 5.96 Å². The smallest absolute Gasteiger partial charge is 0.191 e. The zero-order valence-electron chi connectivity index (χ0n) is 16.1. The van der Waals surface area contributed by atoms with Crippen LogP contribution < -0.4 is 10.6 Å². The molecule has 2 fully saturated rings. The van der Waals surface area contributed by atoms with Gasteiger partial charge in [0.25, 0.3) is 0 Å². The number of nitrogens with zero attached hydrogens (tertiary/aromatic N) is 2. The predicted molar refractivity (Wildman–Crippen MR) is 117 cm³/mol. The van der Waals surface area contributed by atoms with E-state index >= 15 is 0 Å². The third kappa shape index (κ3) is 5.09. The number of rotatable bonds is 5. The quantitative estimate of drug-likeness (QED) is 0.390. The Kier molecular flexibility index (Phi) is 7.70. The highest BCUT2D eigenvalue weighted by Crippen LogP contribution is 2.48. The Labute approximate surface area is 174 Å². The van der Waals surface area contributed by atoms with Crippen molar-refractivity contribution in [2.24, 2.45) is 4.99 Å². The Morgan fingerprint density at radius 2 is 1.92 bits per heavy atom. The van der Waals surface area contributed by atoms with Gasteiger partial charge in [0, 0.05) is 44.2 Å². The summed E-state index contributed by atoms with van der Waals surface area (Å²) >= 11 is 0. The van der Waals surface area contributed by atoms with E-state index in [1.54, 1.807) is 19.2 Å². The topological polar surface area (TPSA) is 39.7 Å². The normalized spacial score (nSPS) is 20.6. The predicted octanol–water partition coefficient (Wildman–Crippen LogP) is 3.51.